The molecule has 1 saturated heterocycles. The van der Waals surface area contributed by atoms with E-state index in [4.69, 9.17) is 9.47 Å². The van der Waals surface area contributed by atoms with E-state index in [0.29, 0.717) is 13.1 Å². The minimum absolute atomic E-state index is 0.244. The molecule has 2 aliphatic rings. The van der Waals surface area contributed by atoms with E-state index in [1.165, 1.54) is 11.1 Å². The number of rotatable bonds is 3. The molecule has 2 heterocycles. The highest BCUT2D eigenvalue weighted by Gasteiger charge is 2.38. The molecule has 0 radical (unpaired) electrons. The molecule has 1 fully saturated rings. The van der Waals surface area contributed by atoms with E-state index in [0.717, 1.165) is 24.2 Å². The Morgan fingerprint density at radius 3 is 2.67 bits per heavy atom. The monoisotopic (exact) mass is 361 g/mol. The maximum atomic E-state index is 12.0. The van der Waals surface area contributed by atoms with Crippen molar-refractivity contribution >= 4 is 12.2 Å². The van der Waals surface area contributed by atoms with Crippen LogP contribution in [0.15, 0.2) is 67.3 Å². The van der Waals surface area contributed by atoms with Crippen molar-refractivity contribution < 1.29 is 14.3 Å². The number of benzene rings is 2. The Morgan fingerprint density at radius 2 is 1.93 bits per heavy atom. The van der Waals surface area contributed by atoms with Gasteiger partial charge in [0.2, 0.25) is 0 Å². The molecule has 0 N–H and O–H groups in total. The summed E-state index contributed by atoms with van der Waals surface area (Å²) in [6.45, 7) is 5.06. The quantitative estimate of drug-likeness (QED) is 0.729. The molecule has 4 nitrogen and oxygen atoms in total. The molecule has 2 aliphatic heterocycles. The molecule has 2 aromatic rings. The zero-order valence-corrected chi connectivity index (χ0v) is 15.3. The van der Waals surface area contributed by atoms with Crippen LogP contribution in [0.5, 0.6) is 5.75 Å². The van der Waals surface area contributed by atoms with Crippen molar-refractivity contribution in [2.75, 3.05) is 19.7 Å². The van der Waals surface area contributed by atoms with Crippen LogP contribution in [0.4, 0.5) is 4.79 Å². The summed E-state index contributed by atoms with van der Waals surface area (Å²) in [6, 6.07) is 16.6. The fraction of sp³-hybridized carbons (Fsp3) is 0.261. The van der Waals surface area contributed by atoms with Crippen LogP contribution in [0.2, 0.25) is 0 Å². The maximum Gasteiger partial charge on any atom is 0.410 e. The molecular formula is C23H23NO3. The van der Waals surface area contributed by atoms with Crippen molar-refractivity contribution in [3.8, 4) is 16.9 Å². The molecule has 0 atom stereocenters. The lowest BCUT2D eigenvalue weighted by molar-refractivity contribution is 0.0332. The Hall–Kier alpha value is -3.01. The Balaban J connectivity index is 1.46. The molecule has 2 aromatic carbocycles. The SMILES string of the molecule is C=CCOC(=O)N1CCC2(C=Cc3cc(-c4ccccc4)ccc3O2)CC1. The van der Waals surface area contributed by atoms with E-state index in [1.54, 1.807) is 11.0 Å². The zero-order chi connectivity index (χ0) is 18.7. The third kappa shape index (κ3) is 3.61. The Labute approximate surface area is 159 Å². The molecule has 0 aliphatic carbocycles. The van der Waals surface area contributed by atoms with E-state index in [9.17, 15) is 4.79 Å². The first kappa shape index (κ1) is 17.4. The molecule has 1 spiro atoms. The van der Waals surface area contributed by atoms with Gasteiger partial charge in [-0.3, -0.25) is 0 Å². The smallest absolute Gasteiger partial charge is 0.410 e. The molecule has 0 bridgehead atoms. The summed E-state index contributed by atoms with van der Waals surface area (Å²) in [5.74, 6) is 0.903. The minimum atomic E-state index is -0.337. The van der Waals surface area contributed by atoms with Crippen molar-refractivity contribution in [1.82, 2.24) is 4.90 Å². The molecule has 0 saturated carbocycles. The van der Waals surface area contributed by atoms with Crippen LogP contribution in [0.25, 0.3) is 17.2 Å². The van der Waals surface area contributed by atoms with Gasteiger partial charge in [0.15, 0.2) is 0 Å². The number of likely N-dealkylation sites (tertiary alicyclic amines) is 1. The second-order valence-corrected chi connectivity index (χ2v) is 6.97. The lowest BCUT2D eigenvalue weighted by atomic mass is 9.88. The summed E-state index contributed by atoms with van der Waals surface area (Å²) in [5.41, 5.74) is 3.13. The molecule has 138 valence electrons. The van der Waals surface area contributed by atoms with Crippen LogP contribution in [-0.4, -0.2) is 36.3 Å². The predicted octanol–water partition coefficient (Wildman–Crippen LogP) is 4.92. The van der Waals surface area contributed by atoms with E-state index in [1.807, 2.05) is 24.3 Å². The van der Waals surface area contributed by atoms with Crippen molar-refractivity contribution in [3.63, 3.8) is 0 Å². The molecule has 4 heteroatoms. The highest BCUT2D eigenvalue weighted by atomic mass is 16.6. The number of ether oxygens (including phenoxy) is 2. The molecule has 4 rings (SSSR count). The van der Waals surface area contributed by atoms with Gasteiger partial charge in [0.1, 0.15) is 18.0 Å². The van der Waals surface area contributed by atoms with Gasteiger partial charge in [-0.05, 0) is 29.3 Å². The second kappa shape index (κ2) is 7.31. The summed E-state index contributed by atoms with van der Waals surface area (Å²) >= 11 is 0. The highest BCUT2D eigenvalue weighted by molar-refractivity contribution is 5.72. The van der Waals surface area contributed by atoms with Gasteiger partial charge in [0.25, 0.3) is 0 Å². The average Bonchev–Trinajstić information content (AvgIpc) is 2.73. The number of carbonyl (C=O) groups is 1. The van der Waals surface area contributed by atoms with Crippen molar-refractivity contribution in [2.24, 2.45) is 0 Å². The van der Waals surface area contributed by atoms with E-state index in [2.05, 4.69) is 43.0 Å². The fourth-order valence-corrected chi connectivity index (χ4v) is 3.63. The summed E-state index contributed by atoms with van der Waals surface area (Å²) in [7, 11) is 0. The summed E-state index contributed by atoms with van der Waals surface area (Å²) < 4.78 is 11.5. The molecular weight excluding hydrogens is 338 g/mol. The second-order valence-electron chi connectivity index (χ2n) is 6.97. The van der Waals surface area contributed by atoms with Crippen LogP contribution in [0.3, 0.4) is 0 Å². The average molecular weight is 361 g/mol. The lowest BCUT2D eigenvalue weighted by Gasteiger charge is -2.41. The minimum Gasteiger partial charge on any atom is -0.482 e. The van der Waals surface area contributed by atoms with Crippen LogP contribution < -0.4 is 4.74 Å². The Morgan fingerprint density at radius 1 is 1.15 bits per heavy atom. The molecule has 27 heavy (non-hydrogen) atoms. The normalized spacial score (nSPS) is 17.1. The van der Waals surface area contributed by atoms with E-state index in [-0.39, 0.29) is 18.3 Å². The number of carbonyl (C=O) groups excluding carboxylic acids is 1. The van der Waals surface area contributed by atoms with Gasteiger partial charge in [-0.15, -0.1) is 0 Å². The molecule has 0 aromatic heterocycles. The Kier molecular flexibility index (Phi) is 4.71. The van der Waals surface area contributed by atoms with Gasteiger partial charge in [-0.2, -0.15) is 0 Å². The Bertz CT molecular complexity index is 864. The van der Waals surface area contributed by atoms with Gasteiger partial charge in [0.05, 0.1) is 0 Å². The topological polar surface area (TPSA) is 38.8 Å². The lowest BCUT2D eigenvalue weighted by Crippen LogP contribution is -2.49. The van der Waals surface area contributed by atoms with Crippen LogP contribution in [-0.2, 0) is 4.74 Å². The number of amides is 1. The largest absolute Gasteiger partial charge is 0.482 e. The van der Waals surface area contributed by atoms with Crippen molar-refractivity contribution in [3.05, 3.63) is 72.8 Å². The standard InChI is InChI=1S/C23H23NO3/c1-2-16-26-22(25)24-14-12-23(13-15-24)11-10-20-17-19(8-9-21(20)27-23)18-6-4-3-5-7-18/h2-11,17H,1,12-16H2. The summed E-state index contributed by atoms with van der Waals surface area (Å²) in [6.07, 6.45) is 7.11. The summed E-state index contributed by atoms with van der Waals surface area (Å²) in [5, 5.41) is 0. The number of piperidine rings is 1. The molecule has 0 unspecified atom stereocenters. The van der Waals surface area contributed by atoms with Crippen molar-refractivity contribution in [2.45, 2.75) is 18.4 Å². The van der Waals surface area contributed by atoms with Gasteiger partial charge < -0.3 is 14.4 Å². The third-order valence-electron chi connectivity index (χ3n) is 5.19. The third-order valence-corrected chi connectivity index (χ3v) is 5.19. The number of hydrogen-bond donors (Lipinski definition) is 0. The van der Waals surface area contributed by atoms with Crippen LogP contribution in [0, 0.1) is 0 Å². The van der Waals surface area contributed by atoms with Gasteiger partial charge >= 0.3 is 6.09 Å². The summed E-state index contributed by atoms with van der Waals surface area (Å²) in [4.78, 5) is 13.7. The first-order valence-electron chi connectivity index (χ1n) is 9.29. The zero-order valence-electron chi connectivity index (χ0n) is 15.3. The van der Waals surface area contributed by atoms with Crippen molar-refractivity contribution in [1.29, 1.82) is 0 Å². The number of nitrogens with zero attached hydrogens (tertiary/aromatic N) is 1. The van der Waals surface area contributed by atoms with Crippen LogP contribution in [0.1, 0.15) is 18.4 Å². The first-order valence-corrected chi connectivity index (χ1v) is 9.29. The maximum absolute atomic E-state index is 12.0. The predicted molar refractivity (Wildman–Crippen MR) is 107 cm³/mol. The molecule has 1 amide bonds. The van der Waals surface area contributed by atoms with Gasteiger partial charge in [-0.1, -0.05) is 55.1 Å². The number of fused-ring (bicyclic) bond motifs is 1. The fourth-order valence-electron chi connectivity index (χ4n) is 3.63. The highest BCUT2D eigenvalue weighted by Crippen LogP contribution is 2.38. The van der Waals surface area contributed by atoms with E-state index >= 15 is 0 Å². The van der Waals surface area contributed by atoms with Gasteiger partial charge in [0, 0.05) is 31.5 Å². The first-order chi connectivity index (χ1) is 13.2. The number of hydrogen-bond acceptors (Lipinski definition) is 3. The van der Waals surface area contributed by atoms with Crippen LogP contribution >= 0.6 is 0 Å². The van der Waals surface area contributed by atoms with Gasteiger partial charge in [-0.25, -0.2) is 4.79 Å². The van der Waals surface area contributed by atoms with E-state index < -0.39 is 0 Å².